The van der Waals surface area contributed by atoms with Gasteiger partial charge in [0.2, 0.25) is 11.8 Å². The molecule has 162 valence electrons. The third-order valence-corrected chi connectivity index (χ3v) is 5.94. The van der Waals surface area contributed by atoms with E-state index in [1.807, 2.05) is 23.1 Å². The third-order valence-electron chi connectivity index (χ3n) is 5.94. The molecule has 4 rings (SSSR count). The quantitative estimate of drug-likeness (QED) is 0.823. The molecule has 2 heterocycles. The Bertz CT molecular complexity index is 1010. The van der Waals surface area contributed by atoms with Crippen LogP contribution < -0.4 is 10.1 Å². The zero-order valence-corrected chi connectivity index (χ0v) is 17.9. The van der Waals surface area contributed by atoms with Crippen molar-refractivity contribution >= 4 is 23.4 Å². The first kappa shape index (κ1) is 20.9. The zero-order valence-electron chi connectivity index (χ0n) is 17.9. The van der Waals surface area contributed by atoms with Crippen LogP contribution in [0.4, 0.5) is 5.69 Å². The molecule has 7 nitrogen and oxygen atoms in total. The van der Waals surface area contributed by atoms with Crippen LogP contribution in [0, 0.1) is 0 Å². The summed E-state index contributed by atoms with van der Waals surface area (Å²) in [6.45, 7) is 3.25. The minimum absolute atomic E-state index is 0.00494. The Morgan fingerprint density at radius 3 is 2.52 bits per heavy atom. The number of rotatable bonds is 4. The van der Waals surface area contributed by atoms with Crippen LogP contribution in [0.5, 0.6) is 5.75 Å². The smallest absolute Gasteiger partial charge is 0.254 e. The van der Waals surface area contributed by atoms with Crippen LogP contribution in [0.1, 0.15) is 41.3 Å². The highest BCUT2D eigenvalue weighted by molar-refractivity contribution is 5.98. The Morgan fingerprint density at radius 2 is 1.81 bits per heavy atom. The van der Waals surface area contributed by atoms with Crippen molar-refractivity contribution in [1.29, 1.82) is 0 Å². The summed E-state index contributed by atoms with van der Waals surface area (Å²) in [6.07, 6.45) is 2.46. The van der Waals surface area contributed by atoms with E-state index in [9.17, 15) is 14.4 Å². The number of carbonyl (C=O) groups excluding carboxylic acids is 3. The van der Waals surface area contributed by atoms with Crippen molar-refractivity contribution in [2.24, 2.45) is 0 Å². The van der Waals surface area contributed by atoms with Gasteiger partial charge in [0.25, 0.3) is 5.91 Å². The van der Waals surface area contributed by atoms with Crippen molar-refractivity contribution in [2.45, 2.75) is 38.8 Å². The summed E-state index contributed by atoms with van der Waals surface area (Å²) in [6, 6.07) is 12.1. The number of nitrogens with one attached hydrogen (secondary N) is 1. The highest BCUT2D eigenvalue weighted by Crippen LogP contribution is 2.29. The number of benzene rings is 2. The number of nitrogens with zero attached hydrogens (tertiary/aromatic N) is 2. The van der Waals surface area contributed by atoms with Crippen molar-refractivity contribution in [3.8, 4) is 5.75 Å². The number of carbonyl (C=O) groups is 3. The molecule has 1 atom stereocenters. The van der Waals surface area contributed by atoms with Crippen molar-refractivity contribution in [1.82, 2.24) is 9.80 Å². The van der Waals surface area contributed by atoms with Gasteiger partial charge < -0.3 is 19.9 Å². The fourth-order valence-electron chi connectivity index (χ4n) is 4.37. The highest BCUT2D eigenvalue weighted by atomic mass is 16.5. The Morgan fingerprint density at radius 1 is 1.03 bits per heavy atom. The first-order chi connectivity index (χ1) is 15.0. The average molecular weight is 421 g/mol. The van der Waals surface area contributed by atoms with E-state index < -0.39 is 6.04 Å². The molecule has 1 saturated heterocycles. The number of amides is 3. The maximum absolute atomic E-state index is 13.5. The molecule has 2 aliphatic rings. The van der Waals surface area contributed by atoms with Gasteiger partial charge in [-0.1, -0.05) is 12.1 Å². The van der Waals surface area contributed by atoms with Gasteiger partial charge in [0, 0.05) is 44.2 Å². The minimum Gasteiger partial charge on any atom is -0.497 e. The van der Waals surface area contributed by atoms with Gasteiger partial charge in [0.05, 0.1) is 7.11 Å². The lowest BCUT2D eigenvalue weighted by Gasteiger charge is -2.38. The van der Waals surface area contributed by atoms with Crippen molar-refractivity contribution < 1.29 is 19.1 Å². The van der Waals surface area contributed by atoms with Crippen LogP contribution in [0.2, 0.25) is 0 Å². The zero-order chi connectivity index (χ0) is 22.0. The van der Waals surface area contributed by atoms with Crippen LogP contribution in [0.25, 0.3) is 0 Å². The predicted octanol–water partition coefficient (Wildman–Crippen LogP) is 2.84. The normalized spacial score (nSPS) is 17.8. The molecule has 0 saturated carbocycles. The van der Waals surface area contributed by atoms with E-state index in [0.717, 1.165) is 37.1 Å². The fourth-order valence-corrected chi connectivity index (χ4v) is 4.37. The second-order valence-corrected chi connectivity index (χ2v) is 8.08. The molecule has 2 aromatic carbocycles. The Labute approximate surface area is 182 Å². The Hall–Kier alpha value is -3.35. The van der Waals surface area contributed by atoms with Gasteiger partial charge in [0.15, 0.2) is 0 Å². The third kappa shape index (κ3) is 4.40. The van der Waals surface area contributed by atoms with E-state index in [2.05, 4.69) is 5.32 Å². The molecule has 0 aliphatic carbocycles. The van der Waals surface area contributed by atoms with Gasteiger partial charge in [-0.2, -0.15) is 0 Å². The second-order valence-electron chi connectivity index (χ2n) is 8.08. The van der Waals surface area contributed by atoms with E-state index in [0.29, 0.717) is 30.0 Å². The van der Waals surface area contributed by atoms with E-state index in [4.69, 9.17) is 4.74 Å². The molecule has 0 radical (unpaired) electrons. The maximum atomic E-state index is 13.5. The topological polar surface area (TPSA) is 79.0 Å². The van der Waals surface area contributed by atoms with Crippen LogP contribution in [-0.4, -0.2) is 53.8 Å². The molecule has 0 unspecified atom stereocenters. The number of ether oxygens (including phenoxy) is 1. The summed E-state index contributed by atoms with van der Waals surface area (Å²) in [5.74, 6) is 0.248. The van der Waals surface area contributed by atoms with Crippen LogP contribution in [-0.2, 0) is 22.6 Å². The molecule has 0 bridgehead atoms. The standard InChI is InChI=1S/C24H27N3O4/c1-16(28)25-20-9-8-17-14-22(24(30)26-10-3-4-11-26)27(15-19(17)12-20)23(29)18-6-5-7-21(13-18)31-2/h5-9,12-13,22H,3-4,10-11,14-15H2,1-2H3,(H,25,28)/t22-/m0/s1. The van der Waals surface area contributed by atoms with Crippen molar-refractivity contribution in [2.75, 3.05) is 25.5 Å². The molecular formula is C24H27N3O4. The largest absolute Gasteiger partial charge is 0.497 e. The van der Waals surface area contributed by atoms with Crippen molar-refractivity contribution in [3.63, 3.8) is 0 Å². The molecule has 2 aliphatic heterocycles. The highest BCUT2D eigenvalue weighted by Gasteiger charge is 2.38. The Balaban J connectivity index is 1.68. The second kappa shape index (κ2) is 8.79. The van der Waals surface area contributed by atoms with Gasteiger partial charge in [-0.25, -0.2) is 0 Å². The summed E-state index contributed by atoms with van der Waals surface area (Å²) in [5.41, 5.74) is 3.14. The molecule has 1 fully saturated rings. The SMILES string of the molecule is COc1cccc(C(=O)N2Cc3cc(NC(C)=O)ccc3C[C@H]2C(=O)N2CCCC2)c1. The minimum atomic E-state index is -0.545. The molecular weight excluding hydrogens is 394 g/mol. The van der Waals surface area contributed by atoms with Crippen LogP contribution in [0.3, 0.4) is 0 Å². The molecule has 0 spiro atoms. The first-order valence-corrected chi connectivity index (χ1v) is 10.6. The van der Waals surface area contributed by atoms with Gasteiger partial charge in [-0.05, 0) is 54.3 Å². The fraction of sp³-hybridized carbons (Fsp3) is 0.375. The molecule has 2 aromatic rings. The molecule has 31 heavy (non-hydrogen) atoms. The van der Waals surface area contributed by atoms with Gasteiger partial charge in [0.1, 0.15) is 11.8 Å². The van der Waals surface area contributed by atoms with Gasteiger partial charge >= 0.3 is 0 Å². The molecule has 3 amide bonds. The number of hydrogen-bond acceptors (Lipinski definition) is 4. The average Bonchev–Trinajstić information content (AvgIpc) is 3.32. The van der Waals surface area contributed by atoms with Gasteiger partial charge in [-0.3, -0.25) is 14.4 Å². The number of methoxy groups -OCH3 is 1. The molecule has 1 N–H and O–H groups in total. The summed E-state index contributed by atoms with van der Waals surface area (Å²) in [4.78, 5) is 41.8. The van der Waals surface area contributed by atoms with E-state index in [1.165, 1.54) is 6.92 Å². The molecule has 0 aromatic heterocycles. The number of hydrogen-bond donors (Lipinski definition) is 1. The van der Waals surface area contributed by atoms with E-state index in [1.54, 1.807) is 36.3 Å². The maximum Gasteiger partial charge on any atom is 0.254 e. The summed E-state index contributed by atoms with van der Waals surface area (Å²) in [5, 5.41) is 2.79. The van der Waals surface area contributed by atoms with Crippen LogP contribution in [0.15, 0.2) is 42.5 Å². The van der Waals surface area contributed by atoms with E-state index >= 15 is 0 Å². The summed E-state index contributed by atoms with van der Waals surface area (Å²) in [7, 11) is 1.56. The molecule has 7 heteroatoms. The lowest BCUT2D eigenvalue weighted by molar-refractivity contribution is -0.135. The first-order valence-electron chi connectivity index (χ1n) is 10.6. The lowest BCUT2D eigenvalue weighted by Crippen LogP contribution is -2.53. The number of anilines is 1. The van der Waals surface area contributed by atoms with Gasteiger partial charge in [-0.15, -0.1) is 0 Å². The number of fused-ring (bicyclic) bond motifs is 1. The predicted molar refractivity (Wildman–Crippen MR) is 117 cm³/mol. The van der Waals surface area contributed by atoms with Crippen molar-refractivity contribution in [3.05, 3.63) is 59.2 Å². The summed E-state index contributed by atoms with van der Waals surface area (Å²) < 4.78 is 5.27. The number of likely N-dealkylation sites (tertiary alicyclic amines) is 1. The van der Waals surface area contributed by atoms with E-state index in [-0.39, 0.29) is 17.7 Å². The monoisotopic (exact) mass is 421 g/mol. The Kier molecular flexibility index (Phi) is 5.93. The van der Waals surface area contributed by atoms with Crippen LogP contribution >= 0.6 is 0 Å². The summed E-state index contributed by atoms with van der Waals surface area (Å²) >= 11 is 0. The lowest BCUT2D eigenvalue weighted by atomic mass is 9.92.